The Hall–Kier alpha value is -0.860. The van der Waals surface area contributed by atoms with E-state index >= 15 is 0 Å². The minimum atomic E-state index is 0.636. The van der Waals surface area contributed by atoms with Crippen molar-refractivity contribution in [3.05, 3.63) is 35.9 Å². The van der Waals surface area contributed by atoms with Gasteiger partial charge in [0, 0.05) is 19.8 Å². The third kappa shape index (κ3) is 6.59. The molecule has 1 rings (SSSR count). The van der Waals surface area contributed by atoms with E-state index in [4.69, 9.17) is 4.74 Å². The largest absolute Gasteiger partial charge is 0.381 e. The van der Waals surface area contributed by atoms with Gasteiger partial charge >= 0.3 is 0 Å². The Balaban J connectivity index is 1.93. The quantitative estimate of drug-likeness (QED) is 0.682. The van der Waals surface area contributed by atoms with Crippen LogP contribution in [0.2, 0.25) is 0 Å². The van der Waals surface area contributed by atoms with Crippen molar-refractivity contribution < 1.29 is 4.74 Å². The van der Waals surface area contributed by atoms with Crippen LogP contribution in [0.4, 0.5) is 0 Å². The zero-order valence-electron chi connectivity index (χ0n) is 10.4. The predicted octanol–water partition coefficient (Wildman–Crippen LogP) is 2.84. The summed E-state index contributed by atoms with van der Waals surface area (Å²) < 4.78 is 5.51. The molecule has 1 aromatic rings. The van der Waals surface area contributed by atoms with Gasteiger partial charge in [-0.1, -0.05) is 44.2 Å². The smallest absolute Gasteiger partial charge is 0.0489 e. The number of benzene rings is 1. The van der Waals surface area contributed by atoms with E-state index in [9.17, 15) is 0 Å². The third-order valence-corrected chi connectivity index (χ3v) is 2.27. The third-order valence-electron chi connectivity index (χ3n) is 2.27. The molecule has 0 unspecified atom stereocenters. The Morgan fingerprint density at radius 2 is 1.94 bits per heavy atom. The highest BCUT2D eigenvalue weighted by molar-refractivity contribution is 5.14. The Kier molecular flexibility index (Phi) is 6.86. The molecule has 0 atom stereocenters. The van der Waals surface area contributed by atoms with E-state index in [0.717, 1.165) is 32.7 Å². The fraction of sp³-hybridized carbons (Fsp3) is 0.571. The predicted molar refractivity (Wildman–Crippen MR) is 68.4 cm³/mol. The molecule has 0 fully saturated rings. The van der Waals surface area contributed by atoms with Crippen LogP contribution in [-0.4, -0.2) is 19.8 Å². The molecule has 0 saturated heterocycles. The van der Waals surface area contributed by atoms with Crippen LogP contribution in [0.5, 0.6) is 0 Å². The van der Waals surface area contributed by atoms with E-state index in [1.807, 2.05) is 6.07 Å². The summed E-state index contributed by atoms with van der Waals surface area (Å²) in [6.07, 6.45) is 1.08. The molecule has 0 spiro atoms. The van der Waals surface area contributed by atoms with Crippen molar-refractivity contribution in [3.8, 4) is 0 Å². The van der Waals surface area contributed by atoms with Crippen LogP contribution in [0.3, 0.4) is 0 Å². The maximum absolute atomic E-state index is 5.51. The first-order valence-electron chi connectivity index (χ1n) is 6.11. The van der Waals surface area contributed by atoms with E-state index in [1.165, 1.54) is 5.56 Å². The SMILES string of the molecule is CC(C)COCCCNCc1ccccc1. The van der Waals surface area contributed by atoms with Gasteiger partial charge < -0.3 is 10.1 Å². The van der Waals surface area contributed by atoms with Gasteiger partial charge in [-0.05, 0) is 24.4 Å². The molecule has 0 aliphatic heterocycles. The number of rotatable bonds is 8. The first-order chi connectivity index (χ1) is 7.79. The fourth-order valence-corrected chi connectivity index (χ4v) is 1.45. The molecule has 0 radical (unpaired) electrons. The molecule has 0 saturated carbocycles. The fourth-order valence-electron chi connectivity index (χ4n) is 1.45. The lowest BCUT2D eigenvalue weighted by atomic mass is 10.2. The van der Waals surface area contributed by atoms with Gasteiger partial charge in [0.2, 0.25) is 0 Å². The molecule has 2 heteroatoms. The molecule has 1 aromatic carbocycles. The van der Waals surface area contributed by atoms with Gasteiger partial charge in [-0.15, -0.1) is 0 Å². The van der Waals surface area contributed by atoms with Gasteiger partial charge in [-0.25, -0.2) is 0 Å². The van der Waals surface area contributed by atoms with Gasteiger partial charge in [0.05, 0.1) is 0 Å². The summed E-state index contributed by atoms with van der Waals surface area (Å²) in [6.45, 7) is 8.05. The molecule has 90 valence electrons. The minimum absolute atomic E-state index is 0.636. The standard InChI is InChI=1S/C14H23NO/c1-13(2)12-16-10-6-9-15-11-14-7-4-3-5-8-14/h3-5,7-8,13,15H,6,9-12H2,1-2H3. The highest BCUT2D eigenvalue weighted by Gasteiger charge is 1.94. The number of nitrogens with one attached hydrogen (secondary N) is 1. The van der Waals surface area contributed by atoms with Gasteiger partial charge in [0.15, 0.2) is 0 Å². The average Bonchev–Trinajstić information content (AvgIpc) is 2.29. The molecule has 0 heterocycles. The molecule has 0 aliphatic carbocycles. The van der Waals surface area contributed by atoms with E-state index in [1.54, 1.807) is 0 Å². The molecule has 0 amide bonds. The molecule has 2 nitrogen and oxygen atoms in total. The summed E-state index contributed by atoms with van der Waals surface area (Å²) in [4.78, 5) is 0. The van der Waals surface area contributed by atoms with Crippen LogP contribution >= 0.6 is 0 Å². The van der Waals surface area contributed by atoms with Crippen molar-refractivity contribution in [3.63, 3.8) is 0 Å². The van der Waals surface area contributed by atoms with Crippen molar-refractivity contribution in [1.29, 1.82) is 0 Å². The van der Waals surface area contributed by atoms with Crippen molar-refractivity contribution in [2.45, 2.75) is 26.8 Å². The number of hydrogen-bond donors (Lipinski definition) is 1. The Morgan fingerprint density at radius 1 is 1.19 bits per heavy atom. The lowest BCUT2D eigenvalue weighted by Crippen LogP contribution is -2.16. The maximum Gasteiger partial charge on any atom is 0.0489 e. The molecule has 0 aliphatic rings. The maximum atomic E-state index is 5.51. The van der Waals surface area contributed by atoms with Crippen LogP contribution in [0.15, 0.2) is 30.3 Å². The normalized spacial score (nSPS) is 10.9. The lowest BCUT2D eigenvalue weighted by Gasteiger charge is -2.07. The zero-order valence-corrected chi connectivity index (χ0v) is 10.4. The van der Waals surface area contributed by atoms with Crippen LogP contribution < -0.4 is 5.32 Å². The lowest BCUT2D eigenvalue weighted by molar-refractivity contribution is 0.108. The number of hydrogen-bond acceptors (Lipinski definition) is 2. The zero-order chi connectivity index (χ0) is 11.6. The number of ether oxygens (including phenoxy) is 1. The Morgan fingerprint density at radius 3 is 2.62 bits per heavy atom. The van der Waals surface area contributed by atoms with E-state index < -0.39 is 0 Å². The molecule has 16 heavy (non-hydrogen) atoms. The van der Waals surface area contributed by atoms with Crippen LogP contribution in [0, 0.1) is 5.92 Å². The average molecular weight is 221 g/mol. The summed E-state index contributed by atoms with van der Waals surface area (Å²) in [5, 5.41) is 3.41. The van der Waals surface area contributed by atoms with E-state index in [-0.39, 0.29) is 0 Å². The first kappa shape index (κ1) is 13.2. The second-order valence-corrected chi connectivity index (χ2v) is 4.48. The van der Waals surface area contributed by atoms with Crippen LogP contribution in [0.25, 0.3) is 0 Å². The molecule has 0 bridgehead atoms. The monoisotopic (exact) mass is 221 g/mol. The van der Waals surface area contributed by atoms with Crippen molar-refractivity contribution >= 4 is 0 Å². The highest BCUT2D eigenvalue weighted by atomic mass is 16.5. The van der Waals surface area contributed by atoms with E-state index in [2.05, 4.69) is 43.4 Å². The second kappa shape index (κ2) is 8.31. The summed E-state index contributed by atoms with van der Waals surface area (Å²) in [6, 6.07) is 10.5. The summed E-state index contributed by atoms with van der Waals surface area (Å²) >= 11 is 0. The molecular weight excluding hydrogens is 198 g/mol. The van der Waals surface area contributed by atoms with Crippen molar-refractivity contribution in [1.82, 2.24) is 5.32 Å². The molecule has 1 N–H and O–H groups in total. The van der Waals surface area contributed by atoms with Crippen molar-refractivity contribution in [2.75, 3.05) is 19.8 Å². The van der Waals surface area contributed by atoms with Gasteiger partial charge in [-0.2, -0.15) is 0 Å². The summed E-state index contributed by atoms with van der Waals surface area (Å²) in [5.41, 5.74) is 1.34. The minimum Gasteiger partial charge on any atom is -0.381 e. The van der Waals surface area contributed by atoms with Crippen LogP contribution in [-0.2, 0) is 11.3 Å². The highest BCUT2D eigenvalue weighted by Crippen LogP contribution is 1.97. The summed E-state index contributed by atoms with van der Waals surface area (Å²) in [7, 11) is 0. The Bertz CT molecular complexity index is 259. The first-order valence-corrected chi connectivity index (χ1v) is 6.11. The molecule has 0 aromatic heterocycles. The van der Waals surface area contributed by atoms with Crippen molar-refractivity contribution in [2.24, 2.45) is 5.92 Å². The Labute approximate surface area is 99.0 Å². The van der Waals surface area contributed by atoms with Gasteiger partial charge in [0.25, 0.3) is 0 Å². The van der Waals surface area contributed by atoms with Gasteiger partial charge in [-0.3, -0.25) is 0 Å². The second-order valence-electron chi connectivity index (χ2n) is 4.48. The van der Waals surface area contributed by atoms with E-state index in [0.29, 0.717) is 5.92 Å². The summed E-state index contributed by atoms with van der Waals surface area (Å²) in [5.74, 6) is 0.636. The van der Waals surface area contributed by atoms with Crippen LogP contribution in [0.1, 0.15) is 25.8 Å². The molecular formula is C14H23NO. The topological polar surface area (TPSA) is 21.3 Å². The van der Waals surface area contributed by atoms with Gasteiger partial charge in [0.1, 0.15) is 0 Å².